The summed E-state index contributed by atoms with van der Waals surface area (Å²) in [4.78, 5) is 23.3. The van der Waals surface area contributed by atoms with Crippen molar-refractivity contribution in [2.24, 2.45) is 0 Å². The number of pyridine rings is 2. The van der Waals surface area contributed by atoms with Crippen LogP contribution in [0, 0.1) is 0 Å². The van der Waals surface area contributed by atoms with Crippen LogP contribution in [0.15, 0.2) is 36.5 Å². The first kappa shape index (κ1) is 23.2. The molecule has 2 aliphatic rings. The van der Waals surface area contributed by atoms with Gasteiger partial charge in [0.1, 0.15) is 30.8 Å². The van der Waals surface area contributed by atoms with Crippen LogP contribution in [0.5, 0.6) is 11.6 Å². The van der Waals surface area contributed by atoms with E-state index in [4.69, 9.17) is 18.9 Å². The molecule has 2 aromatic rings. The molecular weight excluding hydrogens is 447 g/mol. The summed E-state index contributed by atoms with van der Waals surface area (Å²) in [6, 6.07) is 8.42. The number of carbonyl (C=O) groups excluding carboxylic acids is 1. The van der Waals surface area contributed by atoms with Crippen LogP contribution >= 0.6 is 0 Å². The van der Waals surface area contributed by atoms with Crippen molar-refractivity contribution < 1.29 is 41.7 Å². The predicted octanol–water partition coefficient (Wildman–Crippen LogP) is 2.51. The summed E-state index contributed by atoms with van der Waals surface area (Å²) in [6.07, 6.45) is -2.94. The highest BCUT2D eigenvalue weighted by Crippen LogP contribution is 2.41. The summed E-state index contributed by atoms with van der Waals surface area (Å²) < 4.78 is 61.9. The topological polar surface area (TPSA) is 92.2 Å². The Morgan fingerprint density at radius 3 is 2.85 bits per heavy atom. The number of alkyl halides is 3. The van der Waals surface area contributed by atoms with Gasteiger partial charge in [-0.2, -0.15) is 0 Å². The Morgan fingerprint density at radius 2 is 2.12 bits per heavy atom. The fraction of sp³-hybridized carbons (Fsp3) is 0.476. The SMILES string of the molecule is COc1nc(C(=O)N2CC[C@]3(c4ccccn4)OCOC3C2)ccc1OCCOC(F)(F)F. The van der Waals surface area contributed by atoms with Gasteiger partial charge in [-0.25, -0.2) is 4.98 Å². The Kier molecular flexibility index (Phi) is 6.68. The lowest BCUT2D eigenvalue weighted by Crippen LogP contribution is -2.54. The maximum absolute atomic E-state index is 13.1. The van der Waals surface area contributed by atoms with Crippen molar-refractivity contribution >= 4 is 5.91 Å². The maximum atomic E-state index is 13.1. The number of methoxy groups -OCH3 is 1. The van der Waals surface area contributed by atoms with Gasteiger partial charge in [0.2, 0.25) is 0 Å². The molecule has 0 aromatic carbocycles. The van der Waals surface area contributed by atoms with Crippen LogP contribution in [-0.4, -0.2) is 73.4 Å². The van der Waals surface area contributed by atoms with E-state index in [-0.39, 0.29) is 49.3 Å². The minimum Gasteiger partial charge on any atom is -0.486 e. The lowest BCUT2D eigenvalue weighted by Gasteiger charge is -2.41. The van der Waals surface area contributed by atoms with E-state index in [0.29, 0.717) is 13.0 Å². The molecule has 2 fully saturated rings. The molecule has 1 unspecified atom stereocenters. The van der Waals surface area contributed by atoms with Gasteiger partial charge in [0.15, 0.2) is 5.75 Å². The molecule has 2 atom stereocenters. The van der Waals surface area contributed by atoms with Crippen LogP contribution < -0.4 is 9.47 Å². The minimum atomic E-state index is -4.74. The van der Waals surface area contributed by atoms with E-state index in [1.165, 1.54) is 19.2 Å². The van der Waals surface area contributed by atoms with Gasteiger partial charge < -0.3 is 23.8 Å². The van der Waals surface area contributed by atoms with Gasteiger partial charge in [0.05, 0.1) is 26.0 Å². The third-order valence-corrected chi connectivity index (χ3v) is 5.48. The van der Waals surface area contributed by atoms with Crippen LogP contribution in [0.2, 0.25) is 0 Å². The van der Waals surface area contributed by atoms with Crippen molar-refractivity contribution in [3.63, 3.8) is 0 Å². The predicted molar refractivity (Wildman–Crippen MR) is 106 cm³/mol. The lowest BCUT2D eigenvalue weighted by molar-refractivity contribution is -0.325. The molecule has 2 saturated heterocycles. The number of amides is 1. The Bertz CT molecular complexity index is 977. The van der Waals surface area contributed by atoms with Crippen molar-refractivity contribution in [3.8, 4) is 11.6 Å². The first-order valence-corrected chi connectivity index (χ1v) is 10.2. The van der Waals surface area contributed by atoms with Gasteiger partial charge in [-0.05, 0) is 24.3 Å². The van der Waals surface area contributed by atoms with Gasteiger partial charge >= 0.3 is 6.36 Å². The summed E-state index contributed by atoms with van der Waals surface area (Å²) in [5, 5.41) is 0. The molecule has 1 amide bonds. The Hall–Kier alpha value is -2.96. The van der Waals surface area contributed by atoms with Crippen molar-refractivity contribution in [3.05, 3.63) is 47.9 Å². The monoisotopic (exact) mass is 469 g/mol. The standard InChI is InChI=1S/C21H22F3N3O6/c1-29-18-15(30-10-11-32-21(22,23)24)6-5-14(26-18)19(28)27-9-7-20(16-4-2-3-8-25-16)17(12-27)31-13-33-20/h2-6,8,17H,7,9-13H2,1H3/t17?,20-/m1/s1. The van der Waals surface area contributed by atoms with E-state index in [9.17, 15) is 18.0 Å². The number of nitrogens with zero attached hydrogens (tertiary/aromatic N) is 3. The van der Waals surface area contributed by atoms with E-state index in [1.807, 2.05) is 18.2 Å². The van der Waals surface area contributed by atoms with Crippen LogP contribution in [0.25, 0.3) is 0 Å². The van der Waals surface area contributed by atoms with Crippen LogP contribution in [-0.2, 0) is 19.8 Å². The average Bonchev–Trinajstić information content (AvgIpc) is 3.26. The summed E-state index contributed by atoms with van der Waals surface area (Å²) >= 11 is 0. The molecule has 0 saturated carbocycles. The Labute approximate surface area is 187 Å². The summed E-state index contributed by atoms with van der Waals surface area (Å²) in [7, 11) is 1.32. The van der Waals surface area contributed by atoms with Crippen LogP contribution in [0.3, 0.4) is 0 Å². The molecule has 33 heavy (non-hydrogen) atoms. The first-order valence-electron chi connectivity index (χ1n) is 10.2. The average molecular weight is 469 g/mol. The van der Waals surface area contributed by atoms with E-state index >= 15 is 0 Å². The van der Waals surface area contributed by atoms with E-state index in [1.54, 1.807) is 11.1 Å². The van der Waals surface area contributed by atoms with E-state index < -0.39 is 18.6 Å². The number of likely N-dealkylation sites (tertiary alicyclic amines) is 1. The highest BCUT2D eigenvalue weighted by Gasteiger charge is 2.52. The number of rotatable bonds is 7. The van der Waals surface area contributed by atoms with E-state index in [0.717, 1.165) is 5.69 Å². The third kappa shape index (κ3) is 5.02. The molecule has 2 aromatic heterocycles. The molecule has 0 N–H and O–H groups in total. The van der Waals surface area contributed by atoms with E-state index in [2.05, 4.69) is 14.7 Å². The van der Waals surface area contributed by atoms with Gasteiger partial charge in [-0.3, -0.25) is 14.5 Å². The zero-order chi connectivity index (χ0) is 23.5. The van der Waals surface area contributed by atoms with Gasteiger partial charge in [0, 0.05) is 19.2 Å². The summed E-state index contributed by atoms with van der Waals surface area (Å²) in [6.45, 7) is -0.271. The third-order valence-electron chi connectivity index (χ3n) is 5.48. The molecule has 0 spiro atoms. The number of carbonyl (C=O) groups is 1. The zero-order valence-corrected chi connectivity index (χ0v) is 17.7. The number of fused-ring (bicyclic) bond motifs is 1. The molecule has 4 rings (SSSR count). The van der Waals surface area contributed by atoms with Gasteiger partial charge in [-0.1, -0.05) is 6.07 Å². The number of aromatic nitrogens is 2. The summed E-state index contributed by atoms with van der Waals surface area (Å²) in [5.41, 5.74) is 0.157. The fourth-order valence-electron chi connectivity index (χ4n) is 3.91. The number of hydrogen-bond donors (Lipinski definition) is 0. The van der Waals surface area contributed by atoms with Gasteiger partial charge in [0.25, 0.3) is 11.8 Å². The fourth-order valence-corrected chi connectivity index (χ4v) is 3.91. The zero-order valence-electron chi connectivity index (χ0n) is 17.7. The molecule has 178 valence electrons. The molecule has 2 aliphatic heterocycles. The molecule has 0 bridgehead atoms. The molecular formula is C21H22F3N3O6. The molecule has 0 radical (unpaired) electrons. The van der Waals surface area contributed by atoms with Crippen molar-refractivity contribution in [2.75, 3.05) is 40.2 Å². The van der Waals surface area contributed by atoms with Crippen LogP contribution in [0.4, 0.5) is 13.2 Å². The maximum Gasteiger partial charge on any atom is 0.522 e. The molecule has 9 nitrogen and oxygen atoms in total. The summed E-state index contributed by atoms with van der Waals surface area (Å²) in [5.74, 6) is -0.265. The van der Waals surface area contributed by atoms with Crippen molar-refractivity contribution in [1.82, 2.24) is 14.9 Å². The normalized spacial score (nSPS) is 22.7. The Morgan fingerprint density at radius 1 is 1.27 bits per heavy atom. The second kappa shape index (κ2) is 9.49. The highest BCUT2D eigenvalue weighted by atomic mass is 19.4. The van der Waals surface area contributed by atoms with Gasteiger partial charge in [-0.15, -0.1) is 13.2 Å². The number of hydrogen-bond acceptors (Lipinski definition) is 8. The molecule has 12 heteroatoms. The quantitative estimate of drug-likeness (QED) is 0.572. The minimum absolute atomic E-state index is 0.0202. The Balaban J connectivity index is 1.42. The highest BCUT2D eigenvalue weighted by molar-refractivity contribution is 5.92. The van der Waals surface area contributed by atoms with Crippen LogP contribution in [0.1, 0.15) is 22.6 Å². The largest absolute Gasteiger partial charge is 0.522 e. The lowest BCUT2D eigenvalue weighted by atomic mass is 9.85. The van der Waals surface area contributed by atoms with Crippen molar-refractivity contribution in [2.45, 2.75) is 24.5 Å². The second-order valence-corrected chi connectivity index (χ2v) is 7.37. The number of ether oxygens (including phenoxy) is 5. The molecule has 4 heterocycles. The van der Waals surface area contributed by atoms with Crippen molar-refractivity contribution in [1.29, 1.82) is 0 Å². The number of halogens is 3. The number of piperidine rings is 1. The smallest absolute Gasteiger partial charge is 0.486 e. The first-order chi connectivity index (χ1) is 15.8. The second-order valence-electron chi connectivity index (χ2n) is 7.37. The molecule has 0 aliphatic carbocycles.